The molecule has 27 heavy (non-hydrogen) atoms. The summed E-state index contributed by atoms with van der Waals surface area (Å²) in [6, 6.07) is 3.56. The van der Waals surface area contributed by atoms with Gasteiger partial charge in [-0.25, -0.2) is 15.0 Å². The molecule has 142 valence electrons. The van der Waals surface area contributed by atoms with E-state index in [9.17, 15) is 0 Å². The van der Waals surface area contributed by atoms with E-state index in [0.717, 1.165) is 15.6 Å². The summed E-state index contributed by atoms with van der Waals surface area (Å²) in [7, 11) is 4.68. The molecule has 0 saturated carbocycles. The van der Waals surface area contributed by atoms with Gasteiger partial charge in [0, 0.05) is 17.8 Å². The lowest BCUT2D eigenvalue weighted by Gasteiger charge is -2.15. The molecule has 0 unspecified atom stereocenters. The molecule has 3 rings (SSSR count). The Morgan fingerprint density at radius 2 is 1.67 bits per heavy atom. The molecule has 1 N–H and O–H groups in total. The topological polar surface area (TPSA) is 78.4 Å². The van der Waals surface area contributed by atoms with E-state index in [1.54, 1.807) is 51.0 Å². The minimum atomic E-state index is 0.397. The van der Waals surface area contributed by atoms with Crippen LogP contribution in [0.4, 0.5) is 11.6 Å². The van der Waals surface area contributed by atoms with Gasteiger partial charge in [-0.3, -0.25) is 0 Å². The zero-order chi connectivity index (χ0) is 19.6. The molecule has 2 heterocycles. The van der Waals surface area contributed by atoms with Crippen LogP contribution in [-0.2, 0) is 0 Å². The van der Waals surface area contributed by atoms with Crippen LogP contribution >= 0.6 is 22.9 Å². The van der Waals surface area contributed by atoms with Crippen LogP contribution in [0.1, 0.15) is 10.7 Å². The molecule has 0 aliphatic heterocycles. The van der Waals surface area contributed by atoms with Crippen molar-refractivity contribution in [3.63, 3.8) is 0 Å². The first-order valence-corrected chi connectivity index (χ1v) is 9.20. The fourth-order valence-corrected chi connectivity index (χ4v) is 3.79. The van der Waals surface area contributed by atoms with Gasteiger partial charge in [-0.1, -0.05) is 11.6 Å². The van der Waals surface area contributed by atoms with E-state index >= 15 is 0 Å². The SMILES string of the molecule is COc1cc(Nc2ncc(Cl)c(-c3sc(C)nc3C)n2)cc(OC)c1OC. The third kappa shape index (κ3) is 3.91. The zero-order valence-corrected chi connectivity index (χ0v) is 17.2. The molecule has 0 amide bonds. The average Bonchev–Trinajstić information content (AvgIpc) is 3.00. The number of nitrogens with zero attached hydrogens (tertiary/aromatic N) is 3. The Morgan fingerprint density at radius 3 is 2.19 bits per heavy atom. The number of benzene rings is 1. The standard InChI is InChI=1S/C18H19ClN4O3S/c1-9-17(27-10(2)21-9)15-12(19)8-20-18(23-15)22-11-6-13(24-3)16(26-5)14(7-11)25-4/h6-8H,1-5H3,(H,20,22,23). The fraction of sp³-hybridized carbons (Fsp3) is 0.278. The summed E-state index contributed by atoms with van der Waals surface area (Å²) in [5, 5.41) is 4.58. The van der Waals surface area contributed by atoms with E-state index in [4.69, 9.17) is 25.8 Å². The van der Waals surface area contributed by atoms with E-state index in [1.165, 1.54) is 0 Å². The van der Waals surface area contributed by atoms with Gasteiger partial charge in [0.25, 0.3) is 0 Å². The molecule has 0 saturated heterocycles. The number of hydrogen-bond acceptors (Lipinski definition) is 8. The van der Waals surface area contributed by atoms with Crippen molar-refractivity contribution in [1.29, 1.82) is 0 Å². The van der Waals surface area contributed by atoms with Crippen LogP contribution in [0.3, 0.4) is 0 Å². The molecule has 0 spiro atoms. The fourth-order valence-electron chi connectivity index (χ4n) is 2.62. The number of halogens is 1. The van der Waals surface area contributed by atoms with Gasteiger partial charge in [0.15, 0.2) is 11.5 Å². The Kier molecular flexibility index (Phi) is 5.67. The first kappa shape index (κ1) is 19.2. The van der Waals surface area contributed by atoms with E-state index in [2.05, 4.69) is 20.3 Å². The second kappa shape index (κ2) is 7.98. The van der Waals surface area contributed by atoms with Crippen molar-refractivity contribution in [2.24, 2.45) is 0 Å². The third-order valence-corrected chi connectivity index (χ3v) is 5.14. The van der Waals surface area contributed by atoms with Crippen molar-refractivity contribution in [1.82, 2.24) is 15.0 Å². The highest BCUT2D eigenvalue weighted by molar-refractivity contribution is 7.15. The van der Waals surface area contributed by atoms with Gasteiger partial charge in [-0.2, -0.15) is 0 Å². The van der Waals surface area contributed by atoms with Crippen LogP contribution in [0.25, 0.3) is 10.6 Å². The molecule has 0 aliphatic carbocycles. The van der Waals surface area contributed by atoms with E-state index in [-0.39, 0.29) is 0 Å². The molecule has 9 heteroatoms. The number of hydrogen-bond donors (Lipinski definition) is 1. The largest absolute Gasteiger partial charge is 0.493 e. The number of thiazole rings is 1. The molecule has 0 atom stereocenters. The molecule has 0 aliphatic rings. The average molecular weight is 407 g/mol. The summed E-state index contributed by atoms with van der Waals surface area (Å²) >= 11 is 7.86. The number of ether oxygens (including phenoxy) is 3. The minimum Gasteiger partial charge on any atom is -0.493 e. The second-order valence-electron chi connectivity index (χ2n) is 5.58. The number of nitrogens with one attached hydrogen (secondary N) is 1. The van der Waals surface area contributed by atoms with Gasteiger partial charge < -0.3 is 19.5 Å². The van der Waals surface area contributed by atoms with Crippen LogP contribution in [0.15, 0.2) is 18.3 Å². The lowest BCUT2D eigenvalue weighted by Crippen LogP contribution is -2.01. The lowest BCUT2D eigenvalue weighted by molar-refractivity contribution is 0.324. The highest BCUT2D eigenvalue weighted by Crippen LogP contribution is 2.40. The monoisotopic (exact) mass is 406 g/mol. The first-order valence-electron chi connectivity index (χ1n) is 8.00. The first-order chi connectivity index (χ1) is 13.0. The molecular weight excluding hydrogens is 388 g/mol. The zero-order valence-electron chi connectivity index (χ0n) is 15.6. The molecule has 0 radical (unpaired) electrons. The normalized spacial score (nSPS) is 10.6. The molecular formula is C18H19ClN4O3S. The van der Waals surface area contributed by atoms with Crippen molar-refractivity contribution in [3.8, 4) is 27.8 Å². The van der Waals surface area contributed by atoms with Crippen LogP contribution in [-0.4, -0.2) is 36.3 Å². The quantitative estimate of drug-likeness (QED) is 0.638. The Labute approximate surface area is 166 Å². The third-order valence-electron chi connectivity index (χ3n) is 3.78. The van der Waals surface area contributed by atoms with E-state index in [0.29, 0.717) is 39.6 Å². The van der Waals surface area contributed by atoms with Gasteiger partial charge in [0.1, 0.15) is 5.69 Å². The van der Waals surface area contributed by atoms with E-state index < -0.39 is 0 Å². The van der Waals surface area contributed by atoms with Crippen molar-refractivity contribution in [2.45, 2.75) is 13.8 Å². The van der Waals surface area contributed by atoms with Gasteiger partial charge in [0.05, 0.1) is 48.1 Å². The molecule has 1 aromatic carbocycles. The smallest absolute Gasteiger partial charge is 0.227 e. The van der Waals surface area contributed by atoms with Crippen molar-refractivity contribution in [3.05, 3.63) is 34.1 Å². The number of aryl methyl sites for hydroxylation is 2. The molecule has 0 bridgehead atoms. The molecule has 2 aromatic heterocycles. The molecule has 7 nitrogen and oxygen atoms in total. The van der Waals surface area contributed by atoms with Gasteiger partial charge >= 0.3 is 0 Å². The number of anilines is 2. The maximum atomic E-state index is 6.32. The van der Waals surface area contributed by atoms with Crippen molar-refractivity contribution in [2.75, 3.05) is 26.6 Å². The predicted molar refractivity (Wildman–Crippen MR) is 107 cm³/mol. The Hall–Kier alpha value is -2.58. The van der Waals surface area contributed by atoms with Gasteiger partial charge in [0.2, 0.25) is 11.7 Å². The summed E-state index contributed by atoms with van der Waals surface area (Å²) < 4.78 is 16.1. The summed E-state index contributed by atoms with van der Waals surface area (Å²) in [6.45, 7) is 3.88. The highest BCUT2D eigenvalue weighted by atomic mass is 35.5. The van der Waals surface area contributed by atoms with Gasteiger partial charge in [-0.05, 0) is 13.8 Å². The van der Waals surface area contributed by atoms with Gasteiger partial charge in [-0.15, -0.1) is 11.3 Å². The Bertz CT molecular complexity index is 952. The predicted octanol–water partition coefficient (Wildman–Crippen LogP) is 4.64. The van der Waals surface area contributed by atoms with Crippen LogP contribution in [0, 0.1) is 13.8 Å². The summed E-state index contributed by atoms with van der Waals surface area (Å²) in [5.74, 6) is 1.97. The summed E-state index contributed by atoms with van der Waals surface area (Å²) in [6.07, 6.45) is 1.57. The summed E-state index contributed by atoms with van der Waals surface area (Å²) in [5.41, 5.74) is 2.22. The Balaban J connectivity index is 1.99. The lowest BCUT2D eigenvalue weighted by atomic mass is 10.2. The van der Waals surface area contributed by atoms with Crippen LogP contribution in [0.2, 0.25) is 5.02 Å². The second-order valence-corrected chi connectivity index (χ2v) is 7.19. The van der Waals surface area contributed by atoms with Crippen molar-refractivity contribution >= 4 is 34.6 Å². The molecule has 0 fully saturated rings. The summed E-state index contributed by atoms with van der Waals surface area (Å²) in [4.78, 5) is 14.2. The highest BCUT2D eigenvalue weighted by Gasteiger charge is 2.16. The maximum absolute atomic E-state index is 6.32. The van der Waals surface area contributed by atoms with Crippen molar-refractivity contribution < 1.29 is 14.2 Å². The number of aromatic nitrogens is 3. The van der Waals surface area contributed by atoms with Crippen LogP contribution < -0.4 is 19.5 Å². The van der Waals surface area contributed by atoms with Crippen LogP contribution in [0.5, 0.6) is 17.2 Å². The minimum absolute atomic E-state index is 0.397. The maximum Gasteiger partial charge on any atom is 0.227 e. The number of rotatable bonds is 6. The molecule has 3 aromatic rings. The number of methoxy groups -OCH3 is 3. The Morgan fingerprint density at radius 1 is 1.00 bits per heavy atom. The van der Waals surface area contributed by atoms with E-state index in [1.807, 2.05) is 13.8 Å².